The van der Waals surface area contributed by atoms with E-state index < -0.39 is 11.8 Å². The third-order valence-corrected chi connectivity index (χ3v) is 6.26. The number of nitrogens with one attached hydrogen (secondary N) is 3. The summed E-state index contributed by atoms with van der Waals surface area (Å²) in [6, 6.07) is 15.4. The molecule has 4 atom stereocenters. The van der Waals surface area contributed by atoms with Crippen LogP contribution in [0.2, 0.25) is 0 Å². The molecule has 0 unspecified atom stereocenters. The van der Waals surface area contributed by atoms with Gasteiger partial charge in [-0.3, -0.25) is 9.78 Å². The topological polar surface area (TPSA) is 111 Å². The Bertz CT molecular complexity index is 1190. The van der Waals surface area contributed by atoms with E-state index >= 15 is 0 Å². The van der Waals surface area contributed by atoms with Crippen molar-refractivity contribution in [2.24, 2.45) is 5.92 Å². The summed E-state index contributed by atoms with van der Waals surface area (Å²) in [7, 11) is 0. The van der Waals surface area contributed by atoms with Crippen LogP contribution < -0.4 is 16.4 Å². The van der Waals surface area contributed by atoms with Crippen molar-refractivity contribution in [1.29, 1.82) is 5.26 Å². The van der Waals surface area contributed by atoms with Crippen LogP contribution in [0.4, 0.5) is 0 Å². The number of nitriles is 1. The second-order valence-corrected chi connectivity index (χ2v) is 8.23. The summed E-state index contributed by atoms with van der Waals surface area (Å²) in [6.45, 7) is 0. The Morgan fingerprint density at radius 2 is 2.00 bits per heavy atom. The SMILES string of the molecule is N#C[C@H](Cc1ccc(-c2ccc3oc(=O)[nH]c3c2)cc1)NC(=O)[C@H]1N[C@@H]2CC[C@H]1C2. The second kappa shape index (κ2) is 7.47. The van der Waals surface area contributed by atoms with Gasteiger partial charge >= 0.3 is 5.76 Å². The monoisotopic (exact) mass is 402 g/mol. The molecule has 152 valence electrons. The van der Waals surface area contributed by atoms with Crippen LogP contribution in [0.3, 0.4) is 0 Å². The number of nitrogens with zero attached hydrogens (tertiary/aromatic N) is 1. The number of rotatable bonds is 5. The largest absolute Gasteiger partial charge is 0.417 e. The number of oxazole rings is 1. The van der Waals surface area contributed by atoms with Gasteiger partial charge in [-0.1, -0.05) is 30.3 Å². The molecule has 2 bridgehead atoms. The highest BCUT2D eigenvalue weighted by Crippen LogP contribution is 2.35. The fraction of sp³-hybridized carbons (Fsp3) is 0.348. The minimum absolute atomic E-state index is 0.0622. The van der Waals surface area contributed by atoms with Crippen LogP contribution in [0.5, 0.6) is 0 Å². The molecule has 0 spiro atoms. The molecule has 1 aliphatic carbocycles. The summed E-state index contributed by atoms with van der Waals surface area (Å²) in [4.78, 5) is 26.6. The fourth-order valence-electron chi connectivity index (χ4n) is 4.74. The van der Waals surface area contributed by atoms with Crippen molar-refractivity contribution in [3.63, 3.8) is 0 Å². The molecule has 3 aromatic rings. The Morgan fingerprint density at radius 1 is 1.20 bits per heavy atom. The van der Waals surface area contributed by atoms with Gasteiger partial charge in [0.25, 0.3) is 0 Å². The van der Waals surface area contributed by atoms with E-state index in [0.29, 0.717) is 29.5 Å². The zero-order chi connectivity index (χ0) is 20.7. The van der Waals surface area contributed by atoms with Gasteiger partial charge in [-0.05, 0) is 54.0 Å². The average Bonchev–Trinajstić information content (AvgIpc) is 3.48. The van der Waals surface area contributed by atoms with Gasteiger partial charge in [-0.25, -0.2) is 4.79 Å². The lowest BCUT2D eigenvalue weighted by molar-refractivity contribution is -0.124. The van der Waals surface area contributed by atoms with E-state index in [1.165, 1.54) is 0 Å². The number of fused-ring (bicyclic) bond motifs is 3. The number of carbonyl (C=O) groups is 1. The van der Waals surface area contributed by atoms with Crippen molar-refractivity contribution >= 4 is 17.0 Å². The quantitative estimate of drug-likeness (QED) is 0.607. The normalized spacial score (nSPS) is 23.4. The minimum Gasteiger partial charge on any atom is -0.408 e. The van der Waals surface area contributed by atoms with Gasteiger partial charge < -0.3 is 15.1 Å². The summed E-state index contributed by atoms with van der Waals surface area (Å²) in [5.41, 5.74) is 4.11. The van der Waals surface area contributed by atoms with Crippen LogP contribution in [0.25, 0.3) is 22.2 Å². The first-order valence-corrected chi connectivity index (χ1v) is 10.3. The molecule has 0 radical (unpaired) electrons. The van der Waals surface area contributed by atoms with E-state index in [9.17, 15) is 14.9 Å². The van der Waals surface area contributed by atoms with E-state index in [1.54, 1.807) is 6.07 Å². The summed E-state index contributed by atoms with van der Waals surface area (Å²) < 4.78 is 5.04. The van der Waals surface area contributed by atoms with E-state index in [1.807, 2.05) is 36.4 Å². The molecule has 1 aromatic heterocycles. The van der Waals surface area contributed by atoms with Crippen LogP contribution in [-0.2, 0) is 11.2 Å². The molecular weight excluding hydrogens is 380 g/mol. The number of amides is 1. The third kappa shape index (κ3) is 3.51. The molecule has 3 N–H and O–H groups in total. The first-order valence-electron chi connectivity index (χ1n) is 10.3. The maximum Gasteiger partial charge on any atom is 0.417 e. The van der Waals surface area contributed by atoms with Crippen LogP contribution in [0.15, 0.2) is 51.7 Å². The van der Waals surface area contributed by atoms with Gasteiger partial charge in [-0.15, -0.1) is 0 Å². The molecule has 2 fully saturated rings. The lowest BCUT2D eigenvalue weighted by Crippen LogP contribution is -2.50. The minimum atomic E-state index is -0.559. The van der Waals surface area contributed by atoms with Crippen molar-refractivity contribution in [2.45, 2.75) is 43.8 Å². The van der Waals surface area contributed by atoms with Crippen molar-refractivity contribution in [2.75, 3.05) is 0 Å². The molecule has 2 aliphatic rings. The maximum atomic E-state index is 12.6. The van der Waals surface area contributed by atoms with Crippen LogP contribution in [0, 0.1) is 17.2 Å². The predicted octanol–water partition coefficient (Wildman–Crippen LogP) is 2.48. The van der Waals surface area contributed by atoms with Crippen molar-refractivity contribution in [3.8, 4) is 17.2 Å². The molecule has 7 nitrogen and oxygen atoms in total. The molecular formula is C23H22N4O3. The van der Waals surface area contributed by atoms with Gasteiger partial charge in [0.1, 0.15) is 6.04 Å². The van der Waals surface area contributed by atoms with Gasteiger partial charge in [0.2, 0.25) is 5.91 Å². The van der Waals surface area contributed by atoms with Crippen LogP contribution in [-0.4, -0.2) is 29.0 Å². The van der Waals surface area contributed by atoms with E-state index in [-0.39, 0.29) is 11.9 Å². The molecule has 5 rings (SSSR count). The van der Waals surface area contributed by atoms with Gasteiger partial charge in [0, 0.05) is 12.5 Å². The van der Waals surface area contributed by atoms with Gasteiger partial charge in [0.15, 0.2) is 5.58 Å². The lowest BCUT2D eigenvalue weighted by atomic mass is 9.98. The lowest BCUT2D eigenvalue weighted by Gasteiger charge is -2.23. The fourth-order valence-corrected chi connectivity index (χ4v) is 4.74. The molecule has 30 heavy (non-hydrogen) atoms. The molecule has 7 heteroatoms. The van der Waals surface area contributed by atoms with Gasteiger partial charge in [-0.2, -0.15) is 5.26 Å². The first kappa shape index (κ1) is 18.6. The second-order valence-electron chi connectivity index (χ2n) is 8.23. The highest BCUT2D eigenvalue weighted by atomic mass is 16.4. The molecule has 1 saturated heterocycles. The highest BCUT2D eigenvalue weighted by molar-refractivity contribution is 5.83. The number of piperidine rings is 1. The van der Waals surface area contributed by atoms with E-state index in [4.69, 9.17) is 4.42 Å². The summed E-state index contributed by atoms with van der Waals surface area (Å²) in [5, 5.41) is 15.8. The maximum absolute atomic E-state index is 12.6. The number of hydrogen-bond donors (Lipinski definition) is 3. The molecule has 2 heterocycles. The van der Waals surface area contributed by atoms with Crippen LogP contribution >= 0.6 is 0 Å². The zero-order valence-corrected chi connectivity index (χ0v) is 16.4. The molecule has 1 aliphatic heterocycles. The first-order chi connectivity index (χ1) is 14.6. The number of benzene rings is 2. The smallest absolute Gasteiger partial charge is 0.408 e. The summed E-state index contributed by atoms with van der Waals surface area (Å²) in [5.74, 6) is -0.133. The van der Waals surface area contributed by atoms with Crippen molar-refractivity contribution < 1.29 is 9.21 Å². The molecule has 2 aromatic carbocycles. The Morgan fingerprint density at radius 3 is 2.70 bits per heavy atom. The number of aromatic amines is 1. The van der Waals surface area contributed by atoms with Crippen LogP contribution in [0.1, 0.15) is 24.8 Å². The average molecular weight is 402 g/mol. The predicted molar refractivity (Wildman–Crippen MR) is 112 cm³/mol. The third-order valence-electron chi connectivity index (χ3n) is 6.26. The summed E-state index contributed by atoms with van der Waals surface area (Å²) in [6.07, 6.45) is 3.76. The van der Waals surface area contributed by atoms with Gasteiger partial charge in [0.05, 0.1) is 17.6 Å². The highest BCUT2D eigenvalue weighted by Gasteiger charge is 2.43. The van der Waals surface area contributed by atoms with E-state index in [2.05, 4.69) is 21.7 Å². The molecule has 1 saturated carbocycles. The van der Waals surface area contributed by atoms with E-state index in [0.717, 1.165) is 36.0 Å². The Kier molecular flexibility index (Phi) is 4.64. The Labute approximate surface area is 173 Å². The number of aromatic nitrogens is 1. The Balaban J connectivity index is 1.25. The number of carbonyl (C=O) groups excluding carboxylic acids is 1. The number of H-pyrrole nitrogens is 1. The summed E-state index contributed by atoms with van der Waals surface area (Å²) >= 11 is 0. The Hall–Kier alpha value is -3.37. The zero-order valence-electron chi connectivity index (χ0n) is 16.4. The van der Waals surface area contributed by atoms with Crippen molar-refractivity contribution in [1.82, 2.24) is 15.6 Å². The standard InChI is InChI=1S/C23H22N4O3/c24-12-18(26-22(28)21-16-5-7-17(10-16)25-21)9-13-1-3-14(4-2-13)15-6-8-20-19(11-15)27-23(29)30-20/h1-4,6,8,11,16-18,21,25H,5,7,9-10H2,(H,26,28)(H,27,29)/t16-,17+,18-,21-/m0/s1. The molecule has 1 amide bonds. The van der Waals surface area contributed by atoms with Crippen molar-refractivity contribution in [3.05, 3.63) is 58.6 Å². The number of hydrogen-bond acceptors (Lipinski definition) is 5.